The predicted octanol–water partition coefficient (Wildman–Crippen LogP) is 1.98. The lowest BCUT2D eigenvalue weighted by Crippen LogP contribution is -2.51. The number of thioether (sulfide) groups is 1. The molecule has 108 valence electrons. The van der Waals surface area contributed by atoms with E-state index in [1.165, 1.54) is 17.7 Å². The first-order valence-corrected chi connectivity index (χ1v) is 7.96. The van der Waals surface area contributed by atoms with Gasteiger partial charge in [0.1, 0.15) is 6.04 Å². The molecule has 1 heterocycles. The van der Waals surface area contributed by atoms with Gasteiger partial charge in [0.15, 0.2) is 0 Å². The van der Waals surface area contributed by atoms with E-state index in [2.05, 4.69) is 5.32 Å². The Balaban J connectivity index is 1.93. The maximum atomic E-state index is 12.2. The highest BCUT2D eigenvalue weighted by Crippen LogP contribution is 2.34. The summed E-state index contributed by atoms with van der Waals surface area (Å²) < 4.78 is 0. The zero-order chi connectivity index (χ0) is 14.0. The SMILES string of the molecule is CC(C)C1SCC(C(=O)O)N1C(=O)NCCC1CC1. The minimum Gasteiger partial charge on any atom is -0.480 e. The maximum absolute atomic E-state index is 12.2. The van der Waals surface area contributed by atoms with Gasteiger partial charge >= 0.3 is 12.0 Å². The lowest BCUT2D eigenvalue weighted by Gasteiger charge is -2.29. The molecule has 2 N–H and O–H groups in total. The third-order valence-corrected chi connectivity index (χ3v) is 5.27. The molecule has 0 spiro atoms. The molecule has 2 atom stereocenters. The van der Waals surface area contributed by atoms with Crippen LogP contribution in [0.15, 0.2) is 0 Å². The standard InChI is InChI=1S/C13H22N2O3S/c1-8(2)11-15(10(7-19-11)12(16)17)13(18)14-6-5-9-3-4-9/h8-11H,3-7H2,1-2H3,(H,14,18)(H,16,17). The Bertz CT molecular complexity index is 358. The van der Waals surface area contributed by atoms with Crippen molar-refractivity contribution in [3.63, 3.8) is 0 Å². The Morgan fingerprint density at radius 2 is 2.11 bits per heavy atom. The van der Waals surface area contributed by atoms with Crippen LogP contribution in [0.1, 0.15) is 33.1 Å². The number of carboxylic acids is 1. The topological polar surface area (TPSA) is 69.6 Å². The fourth-order valence-electron chi connectivity index (χ4n) is 2.37. The van der Waals surface area contributed by atoms with Gasteiger partial charge in [-0.15, -0.1) is 11.8 Å². The van der Waals surface area contributed by atoms with Crippen molar-refractivity contribution in [3.8, 4) is 0 Å². The zero-order valence-electron chi connectivity index (χ0n) is 11.5. The van der Waals surface area contributed by atoms with Crippen LogP contribution in [0.4, 0.5) is 4.79 Å². The lowest BCUT2D eigenvalue weighted by molar-refractivity contribution is -0.141. The van der Waals surface area contributed by atoms with Gasteiger partial charge in [-0.05, 0) is 18.3 Å². The first kappa shape index (κ1) is 14.5. The second kappa shape index (κ2) is 6.03. The normalized spacial score (nSPS) is 26.8. The van der Waals surface area contributed by atoms with Crippen molar-refractivity contribution >= 4 is 23.8 Å². The summed E-state index contributed by atoms with van der Waals surface area (Å²) in [6.45, 7) is 4.70. The van der Waals surface area contributed by atoms with Gasteiger partial charge in [-0.3, -0.25) is 4.90 Å². The van der Waals surface area contributed by atoms with Crippen LogP contribution in [0.2, 0.25) is 0 Å². The Hall–Kier alpha value is -0.910. The van der Waals surface area contributed by atoms with Crippen LogP contribution in [0, 0.1) is 11.8 Å². The van der Waals surface area contributed by atoms with E-state index in [0.717, 1.165) is 12.3 Å². The number of nitrogens with zero attached hydrogens (tertiary/aromatic N) is 1. The molecule has 2 rings (SSSR count). The minimum absolute atomic E-state index is 0.0398. The number of nitrogens with one attached hydrogen (secondary N) is 1. The van der Waals surface area contributed by atoms with Crippen molar-refractivity contribution in [3.05, 3.63) is 0 Å². The molecule has 6 heteroatoms. The lowest BCUT2D eigenvalue weighted by atomic mass is 10.1. The molecule has 1 aliphatic heterocycles. The van der Waals surface area contributed by atoms with E-state index in [4.69, 9.17) is 0 Å². The van der Waals surface area contributed by atoms with E-state index in [-0.39, 0.29) is 17.3 Å². The van der Waals surface area contributed by atoms with E-state index in [1.807, 2.05) is 13.8 Å². The highest BCUT2D eigenvalue weighted by molar-refractivity contribution is 8.00. The van der Waals surface area contributed by atoms with Gasteiger partial charge in [0.2, 0.25) is 0 Å². The molecule has 1 saturated heterocycles. The van der Waals surface area contributed by atoms with Gasteiger partial charge in [-0.2, -0.15) is 0 Å². The first-order chi connectivity index (χ1) is 9.00. The fourth-order valence-corrected chi connectivity index (χ4v) is 3.84. The third kappa shape index (κ3) is 3.55. The van der Waals surface area contributed by atoms with Crippen molar-refractivity contribution in [1.82, 2.24) is 10.2 Å². The number of hydrogen-bond donors (Lipinski definition) is 2. The molecule has 5 nitrogen and oxygen atoms in total. The average Bonchev–Trinajstić information content (AvgIpc) is 3.04. The van der Waals surface area contributed by atoms with Gasteiger partial charge in [0.05, 0.1) is 5.37 Å². The number of aliphatic carboxylic acids is 1. The molecule has 1 saturated carbocycles. The second-order valence-electron chi connectivity index (χ2n) is 5.69. The van der Waals surface area contributed by atoms with E-state index in [9.17, 15) is 14.7 Å². The molecular weight excluding hydrogens is 264 g/mol. The number of hydrogen-bond acceptors (Lipinski definition) is 3. The second-order valence-corrected chi connectivity index (χ2v) is 6.84. The number of amides is 2. The van der Waals surface area contributed by atoms with Crippen LogP contribution in [0.25, 0.3) is 0 Å². The van der Waals surface area contributed by atoms with Crippen molar-refractivity contribution < 1.29 is 14.7 Å². The summed E-state index contributed by atoms with van der Waals surface area (Å²) in [7, 11) is 0. The monoisotopic (exact) mass is 286 g/mol. The highest BCUT2D eigenvalue weighted by Gasteiger charge is 2.42. The fraction of sp³-hybridized carbons (Fsp3) is 0.846. The summed E-state index contributed by atoms with van der Waals surface area (Å²) in [5.41, 5.74) is 0. The van der Waals surface area contributed by atoms with Crippen molar-refractivity contribution in [1.29, 1.82) is 0 Å². The van der Waals surface area contributed by atoms with Gasteiger partial charge < -0.3 is 10.4 Å². The predicted molar refractivity (Wildman–Crippen MR) is 75.1 cm³/mol. The molecule has 0 radical (unpaired) electrons. The van der Waals surface area contributed by atoms with Gasteiger partial charge in [-0.25, -0.2) is 9.59 Å². The molecule has 0 aromatic rings. The van der Waals surface area contributed by atoms with Crippen LogP contribution in [0.3, 0.4) is 0 Å². The molecule has 0 aromatic heterocycles. The number of urea groups is 1. The Kier molecular flexibility index (Phi) is 4.60. The molecular formula is C13H22N2O3S. The van der Waals surface area contributed by atoms with E-state index < -0.39 is 12.0 Å². The number of carbonyl (C=O) groups excluding carboxylic acids is 1. The minimum atomic E-state index is -0.909. The molecule has 2 fully saturated rings. The van der Waals surface area contributed by atoms with Crippen LogP contribution < -0.4 is 5.32 Å². The van der Waals surface area contributed by atoms with E-state index in [0.29, 0.717) is 12.3 Å². The molecule has 19 heavy (non-hydrogen) atoms. The number of rotatable bonds is 5. The van der Waals surface area contributed by atoms with Crippen molar-refractivity contribution in [2.24, 2.45) is 11.8 Å². The van der Waals surface area contributed by atoms with Crippen LogP contribution >= 0.6 is 11.8 Å². The summed E-state index contributed by atoms with van der Waals surface area (Å²) >= 11 is 1.56. The van der Waals surface area contributed by atoms with Crippen LogP contribution in [-0.2, 0) is 4.79 Å². The summed E-state index contributed by atoms with van der Waals surface area (Å²) in [6.07, 6.45) is 3.54. The Morgan fingerprint density at radius 1 is 1.42 bits per heavy atom. The third-order valence-electron chi connectivity index (χ3n) is 3.65. The largest absolute Gasteiger partial charge is 0.480 e. The van der Waals surface area contributed by atoms with Gasteiger partial charge in [0, 0.05) is 12.3 Å². The average molecular weight is 286 g/mol. The van der Waals surface area contributed by atoms with Crippen molar-refractivity contribution in [2.75, 3.05) is 12.3 Å². The highest BCUT2D eigenvalue weighted by atomic mass is 32.2. The summed E-state index contributed by atoms with van der Waals surface area (Å²) in [5, 5.41) is 12.1. The Labute approximate surface area is 118 Å². The molecule has 0 bridgehead atoms. The van der Waals surface area contributed by atoms with Crippen molar-refractivity contribution in [2.45, 2.75) is 44.5 Å². The summed E-state index contributed by atoms with van der Waals surface area (Å²) in [6, 6.07) is -0.921. The first-order valence-electron chi connectivity index (χ1n) is 6.91. The van der Waals surface area contributed by atoms with Crippen LogP contribution in [-0.4, -0.2) is 45.7 Å². The molecule has 2 amide bonds. The molecule has 1 aliphatic carbocycles. The van der Waals surface area contributed by atoms with E-state index >= 15 is 0 Å². The zero-order valence-corrected chi connectivity index (χ0v) is 12.3. The Morgan fingerprint density at radius 3 is 2.63 bits per heavy atom. The number of carboxylic acid groups (broad SMARTS) is 1. The number of carbonyl (C=O) groups is 2. The quantitative estimate of drug-likeness (QED) is 0.811. The van der Waals surface area contributed by atoms with E-state index in [1.54, 1.807) is 11.8 Å². The van der Waals surface area contributed by atoms with Gasteiger partial charge in [0.25, 0.3) is 0 Å². The molecule has 2 aliphatic rings. The van der Waals surface area contributed by atoms with Crippen LogP contribution in [0.5, 0.6) is 0 Å². The molecule has 0 aromatic carbocycles. The van der Waals surface area contributed by atoms with Gasteiger partial charge in [-0.1, -0.05) is 26.7 Å². The summed E-state index contributed by atoms with van der Waals surface area (Å²) in [5.74, 6) is 0.592. The summed E-state index contributed by atoms with van der Waals surface area (Å²) in [4.78, 5) is 25.0. The maximum Gasteiger partial charge on any atom is 0.327 e. The molecule has 2 unspecified atom stereocenters. The smallest absolute Gasteiger partial charge is 0.327 e.